The van der Waals surface area contributed by atoms with E-state index in [1.807, 2.05) is 42.2 Å². The molecule has 0 bridgehead atoms. The van der Waals surface area contributed by atoms with Gasteiger partial charge in [0.1, 0.15) is 0 Å². The van der Waals surface area contributed by atoms with E-state index < -0.39 is 0 Å². The van der Waals surface area contributed by atoms with Crippen LogP contribution in [0.4, 0.5) is 0 Å². The standard InChI is InChI=1S/C20H28N2O2/c1-3-21(19(24)17-10-6-4-7-11-17)18-14-20(12-8-5-9-13-20)22(15-18)16(2)23/h4,6-7,10-11,18H,3,5,8-9,12-15H2,1-2H3. The number of benzene rings is 1. The van der Waals surface area contributed by atoms with Crippen LogP contribution < -0.4 is 0 Å². The Morgan fingerprint density at radius 3 is 2.42 bits per heavy atom. The molecule has 1 atom stereocenters. The summed E-state index contributed by atoms with van der Waals surface area (Å²) in [5.41, 5.74) is 0.720. The summed E-state index contributed by atoms with van der Waals surface area (Å²) >= 11 is 0. The molecule has 1 aliphatic carbocycles. The van der Waals surface area contributed by atoms with Gasteiger partial charge in [0.05, 0.1) is 6.04 Å². The van der Waals surface area contributed by atoms with E-state index in [1.165, 1.54) is 19.3 Å². The highest BCUT2D eigenvalue weighted by atomic mass is 16.2. The highest BCUT2D eigenvalue weighted by molar-refractivity contribution is 5.94. The summed E-state index contributed by atoms with van der Waals surface area (Å²) < 4.78 is 0. The van der Waals surface area contributed by atoms with E-state index in [9.17, 15) is 9.59 Å². The molecule has 2 aliphatic rings. The fourth-order valence-corrected chi connectivity index (χ4v) is 4.69. The van der Waals surface area contributed by atoms with Crippen molar-refractivity contribution in [1.29, 1.82) is 0 Å². The van der Waals surface area contributed by atoms with Crippen LogP contribution in [0, 0.1) is 0 Å². The number of rotatable bonds is 3. The van der Waals surface area contributed by atoms with Crippen molar-refractivity contribution in [3.63, 3.8) is 0 Å². The van der Waals surface area contributed by atoms with E-state index in [1.54, 1.807) is 6.92 Å². The molecular weight excluding hydrogens is 300 g/mol. The molecule has 1 aromatic carbocycles. The average molecular weight is 328 g/mol. The molecule has 1 spiro atoms. The minimum Gasteiger partial charge on any atom is -0.335 e. The van der Waals surface area contributed by atoms with E-state index >= 15 is 0 Å². The molecule has 4 heteroatoms. The maximum atomic E-state index is 12.9. The molecule has 2 fully saturated rings. The zero-order valence-electron chi connectivity index (χ0n) is 14.8. The first-order valence-electron chi connectivity index (χ1n) is 9.21. The number of likely N-dealkylation sites (N-methyl/N-ethyl adjacent to an activating group) is 1. The lowest BCUT2D eigenvalue weighted by Gasteiger charge is -2.41. The first-order chi connectivity index (χ1) is 11.6. The number of nitrogens with zero attached hydrogens (tertiary/aromatic N) is 2. The van der Waals surface area contributed by atoms with E-state index in [4.69, 9.17) is 0 Å². The normalized spacial score (nSPS) is 22.6. The Balaban J connectivity index is 1.83. The summed E-state index contributed by atoms with van der Waals surface area (Å²) in [6.45, 7) is 5.07. The molecule has 1 heterocycles. The number of carbonyl (C=O) groups excluding carboxylic acids is 2. The van der Waals surface area contributed by atoms with Gasteiger partial charge in [0, 0.05) is 31.1 Å². The Labute approximate surface area is 144 Å². The third-order valence-electron chi connectivity index (χ3n) is 5.81. The van der Waals surface area contributed by atoms with Gasteiger partial charge in [-0.2, -0.15) is 0 Å². The van der Waals surface area contributed by atoms with Gasteiger partial charge >= 0.3 is 0 Å². The number of hydrogen-bond acceptors (Lipinski definition) is 2. The Hall–Kier alpha value is -1.84. The largest absolute Gasteiger partial charge is 0.335 e. The average Bonchev–Trinajstić information content (AvgIpc) is 2.95. The third-order valence-corrected chi connectivity index (χ3v) is 5.81. The van der Waals surface area contributed by atoms with Gasteiger partial charge in [-0.05, 0) is 38.3 Å². The molecule has 3 rings (SSSR count). The van der Waals surface area contributed by atoms with Gasteiger partial charge < -0.3 is 9.80 Å². The smallest absolute Gasteiger partial charge is 0.254 e. The van der Waals surface area contributed by atoms with E-state index in [-0.39, 0.29) is 23.4 Å². The maximum absolute atomic E-state index is 12.9. The fraction of sp³-hybridized carbons (Fsp3) is 0.600. The summed E-state index contributed by atoms with van der Waals surface area (Å²) in [6.07, 6.45) is 6.74. The minimum atomic E-state index is -0.0147. The van der Waals surface area contributed by atoms with Gasteiger partial charge in [0.2, 0.25) is 5.91 Å². The van der Waals surface area contributed by atoms with Gasteiger partial charge in [-0.15, -0.1) is 0 Å². The molecule has 1 saturated carbocycles. The number of carbonyl (C=O) groups is 2. The van der Waals surface area contributed by atoms with Crippen molar-refractivity contribution in [3.05, 3.63) is 35.9 Å². The maximum Gasteiger partial charge on any atom is 0.254 e. The molecule has 130 valence electrons. The molecule has 1 aromatic rings. The predicted molar refractivity (Wildman–Crippen MR) is 94.8 cm³/mol. The monoisotopic (exact) mass is 328 g/mol. The van der Waals surface area contributed by atoms with Crippen molar-refractivity contribution >= 4 is 11.8 Å². The SMILES string of the molecule is CCN(C(=O)c1ccccc1)C1CN(C(C)=O)C2(CCCCC2)C1. The van der Waals surface area contributed by atoms with Gasteiger partial charge in [-0.25, -0.2) is 0 Å². The summed E-state index contributed by atoms with van der Waals surface area (Å²) in [5.74, 6) is 0.238. The molecule has 0 aromatic heterocycles. The van der Waals surface area contributed by atoms with Crippen LogP contribution in [0.5, 0.6) is 0 Å². The van der Waals surface area contributed by atoms with E-state index in [0.29, 0.717) is 13.1 Å². The van der Waals surface area contributed by atoms with Crippen molar-refractivity contribution in [2.75, 3.05) is 13.1 Å². The van der Waals surface area contributed by atoms with Gasteiger partial charge in [-0.1, -0.05) is 37.5 Å². The molecular formula is C20H28N2O2. The van der Waals surface area contributed by atoms with Crippen LogP contribution in [-0.4, -0.2) is 46.3 Å². The Morgan fingerprint density at radius 1 is 1.17 bits per heavy atom. The molecule has 0 N–H and O–H groups in total. The lowest BCUT2D eigenvalue weighted by molar-refractivity contribution is -0.134. The third kappa shape index (κ3) is 3.06. The summed E-state index contributed by atoms with van der Waals surface area (Å²) in [7, 11) is 0. The second-order valence-corrected chi connectivity index (χ2v) is 7.23. The molecule has 1 unspecified atom stereocenters. The van der Waals surface area contributed by atoms with Crippen molar-refractivity contribution < 1.29 is 9.59 Å². The summed E-state index contributed by atoms with van der Waals surface area (Å²) in [5, 5.41) is 0. The van der Waals surface area contributed by atoms with Crippen molar-refractivity contribution in [2.24, 2.45) is 0 Å². The fourth-order valence-electron chi connectivity index (χ4n) is 4.69. The Bertz CT molecular complexity index is 593. The molecule has 4 nitrogen and oxygen atoms in total. The second-order valence-electron chi connectivity index (χ2n) is 7.23. The van der Waals surface area contributed by atoms with Crippen LogP contribution in [0.25, 0.3) is 0 Å². The second kappa shape index (κ2) is 6.96. The van der Waals surface area contributed by atoms with Crippen molar-refractivity contribution in [1.82, 2.24) is 9.80 Å². The lowest BCUT2D eigenvalue weighted by Crippen LogP contribution is -2.47. The van der Waals surface area contributed by atoms with Crippen LogP contribution in [0.1, 0.15) is 62.7 Å². The van der Waals surface area contributed by atoms with Gasteiger partial charge in [-0.3, -0.25) is 9.59 Å². The van der Waals surface area contributed by atoms with Crippen LogP contribution in [0.2, 0.25) is 0 Å². The van der Waals surface area contributed by atoms with Crippen LogP contribution in [0.3, 0.4) is 0 Å². The van der Waals surface area contributed by atoms with Crippen molar-refractivity contribution in [2.45, 2.75) is 64.0 Å². The Kier molecular flexibility index (Phi) is 4.93. The van der Waals surface area contributed by atoms with Gasteiger partial charge in [0.15, 0.2) is 0 Å². The quantitative estimate of drug-likeness (QED) is 0.852. The van der Waals surface area contributed by atoms with Crippen molar-refractivity contribution in [3.8, 4) is 0 Å². The first-order valence-corrected chi connectivity index (χ1v) is 9.21. The lowest BCUT2D eigenvalue weighted by atomic mass is 9.79. The highest BCUT2D eigenvalue weighted by Crippen LogP contribution is 2.43. The van der Waals surface area contributed by atoms with Crippen LogP contribution >= 0.6 is 0 Å². The van der Waals surface area contributed by atoms with Crippen LogP contribution in [-0.2, 0) is 4.79 Å². The minimum absolute atomic E-state index is 0.0147. The molecule has 24 heavy (non-hydrogen) atoms. The van der Waals surface area contributed by atoms with Gasteiger partial charge in [0.25, 0.3) is 5.91 Å². The molecule has 2 amide bonds. The zero-order chi connectivity index (χ0) is 17.2. The topological polar surface area (TPSA) is 40.6 Å². The predicted octanol–water partition coefficient (Wildman–Crippen LogP) is 3.47. The van der Waals surface area contributed by atoms with E-state index in [0.717, 1.165) is 24.8 Å². The molecule has 0 radical (unpaired) electrons. The Morgan fingerprint density at radius 2 is 1.83 bits per heavy atom. The first kappa shape index (κ1) is 17.0. The number of likely N-dealkylation sites (tertiary alicyclic amines) is 1. The number of amides is 2. The number of hydrogen-bond donors (Lipinski definition) is 0. The highest BCUT2D eigenvalue weighted by Gasteiger charge is 2.49. The molecule has 1 aliphatic heterocycles. The summed E-state index contributed by atoms with van der Waals surface area (Å²) in [4.78, 5) is 29.2. The molecule has 1 saturated heterocycles. The summed E-state index contributed by atoms with van der Waals surface area (Å²) in [6, 6.07) is 9.61. The van der Waals surface area contributed by atoms with E-state index in [2.05, 4.69) is 4.90 Å². The zero-order valence-corrected chi connectivity index (χ0v) is 14.8. The van der Waals surface area contributed by atoms with Crippen LogP contribution in [0.15, 0.2) is 30.3 Å².